The lowest BCUT2D eigenvalue weighted by molar-refractivity contribution is -0.137. The third-order valence-corrected chi connectivity index (χ3v) is 4.74. The van der Waals surface area contributed by atoms with Gasteiger partial charge in [0.1, 0.15) is 12.4 Å². The van der Waals surface area contributed by atoms with Gasteiger partial charge in [-0.2, -0.15) is 13.2 Å². The van der Waals surface area contributed by atoms with Gasteiger partial charge in [0.25, 0.3) is 0 Å². The molecule has 2 aromatic heterocycles. The Labute approximate surface area is 159 Å². The highest BCUT2D eigenvalue weighted by Crippen LogP contribution is 2.33. The maximum absolute atomic E-state index is 13.0. The number of ether oxygens (including phenoxy) is 2. The van der Waals surface area contributed by atoms with Crippen molar-refractivity contribution in [2.24, 2.45) is 0 Å². The van der Waals surface area contributed by atoms with Crippen LogP contribution in [-0.2, 0) is 24.1 Å². The zero-order chi connectivity index (χ0) is 19.7. The summed E-state index contributed by atoms with van der Waals surface area (Å²) in [6.45, 7) is 1.85. The van der Waals surface area contributed by atoms with E-state index in [0.29, 0.717) is 42.4 Å². The number of nitrogens with zero attached hydrogens (tertiary/aromatic N) is 3. The summed E-state index contributed by atoms with van der Waals surface area (Å²) in [5.74, 6) is 1.19. The van der Waals surface area contributed by atoms with Crippen LogP contribution in [0.3, 0.4) is 0 Å². The van der Waals surface area contributed by atoms with Crippen LogP contribution in [0.15, 0.2) is 36.5 Å². The maximum atomic E-state index is 13.0. The van der Waals surface area contributed by atoms with E-state index in [1.165, 1.54) is 6.07 Å². The number of hydrogen-bond donors (Lipinski definition) is 1. The van der Waals surface area contributed by atoms with E-state index in [1.807, 2.05) is 16.7 Å². The monoisotopic (exact) mass is 392 g/mol. The molecule has 0 saturated heterocycles. The average molecular weight is 392 g/mol. The fourth-order valence-corrected chi connectivity index (χ4v) is 3.46. The summed E-state index contributed by atoms with van der Waals surface area (Å²) in [7, 11) is 1.57. The Morgan fingerprint density at radius 3 is 2.96 bits per heavy atom. The topological polar surface area (TPSA) is 61.2 Å². The first kappa shape index (κ1) is 18.7. The number of rotatable bonds is 5. The van der Waals surface area contributed by atoms with E-state index in [0.717, 1.165) is 17.7 Å². The molecule has 0 spiro atoms. The minimum Gasteiger partial charge on any atom is -0.481 e. The molecule has 0 amide bonds. The second-order valence-corrected chi connectivity index (χ2v) is 6.57. The number of fused-ring (bicyclic) bond motifs is 3. The molecule has 1 aliphatic rings. The van der Waals surface area contributed by atoms with E-state index in [4.69, 9.17) is 9.47 Å². The van der Waals surface area contributed by atoms with Gasteiger partial charge in [-0.3, -0.25) is 0 Å². The third kappa shape index (κ3) is 3.55. The highest BCUT2D eigenvalue weighted by atomic mass is 19.4. The van der Waals surface area contributed by atoms with Gasteiger partial charge in [0, 0.05) is 24.8 Å². The van der Waals surface area contributed by atoms with E-state index in [1.54, 1.807) is 13.3 Å². The molecule has 28 heavy (non-hydrogen) atoms. The molecule has 3 heterocycles. The van der Waals surface area contributed by atoms with Gasteiger partial charge in [-0.05, 0) is 24.3 Å². The van der Waals surface area contributed by atoms with Gasteiger partial charge < -0.3 is 19.4 Å². The van der Waals surface area contributed by atoms with Crippen molar-refractivity contribution in [2.75, 3.05) is 20.3 Å². The Morgan fingerprint density at radius 1 is 1.32 bits per heavy atom. The zero-order valence-corrected chi connectivity index (χ0v) is 15.2. The molecule has 1 aliphatic heterocycles. The Morgan fingerprint density at radius 2 is 2.18 bits per heavy atom. The smallest absolute Gasteiger partial charge is 0.416 e. The number of nitrogens with one attached hydrogen (secondary N) is 1. The van der Waals surface area contributed by atoms with Gasteiger partial charge in [-0.25, -0.2) is 9.97 Å². The Hall–Kier alpha value is -2.65. The Balaban J connectivity index is 1.55. The number of alkyl halides is 3. The molecule has 0 radical (unpaired) electrons. The van der Waals surface area contributed by atoms with Crippen LogP contribution in [0.2, 0.25) is 0 Å². The minimum absolute atomic E-state index is 0.0758. The van der Waals surface area contributed by atoms with Gasteiger partial charge in [-0.1, -0.05) is 6.07 Å². The molecule has 1 aromatic carbocycles. The van der Waals surface area contributed by atoms with Crippen molar-refractivity contribution in [1.82, 2.24) is 19.9 Å². The van der Waals surface area contributed by atoms with Gasteiger partial charge in [-0.15, -0.1) is 0 Å². The van der Waals surface area contributed by atoms with E-state index in [9.17, 15) is 13.2 Å². The zero-order valence-electron chi connectivity index (χ0n) is 15.2. The predicted molar refractivity (Wildman–Crippen MR) is 95.9 cm³/mol. The van der Waals surface area contributed by atoms with Crippen molar-refractivity contribution in [3.63, 3.8) is 0 Å². The summed E-state index contributed by atoms with van der Waals surface area (Å²) in [5.41, 5.74) is 1.23. The van der Waals surface area contributed by atoms with E-state index in [-0.39, 0.29) is 12.6 Å². The first-order chi connectivity index (χ1) is 13.5. The van der Waals surface area contributed by atoms with Crippen molar-refractivity contribution in [2.45, 2.75) is 25.4 Å². The van der Waals surface area contributed by atoms with Crippen LogP contribution >= 0.6 is 0 Å². The Kier molecular flexibility index (Phi) is 4.94. The molecule has 1 atom stereocenters. The van der Waals surface area contributed by atoms with Crippen molar-refractivity contribution >= 4 is 11.0 Å². The molecule has 0 fully saturated rings. The number of pyridine rings is 1. The number of benzene rings is 1. The fourth-order valence-electron chi connectivity index (χ4n) is 3.46. The summed E-state index contributed by atoms with van der Waals surface area (Å²) in [6.07, 6.45) is -2.73. The van der Waals surface area contributed by atoms with Crippen LogP contribution in [0, 0.1) is 0 Å². The van der Waals surface area contributed by atoms with Gasteiger partial charge in [0.2, 0.25) is 5.88 Å². The standard InChI is InChI=1S/C19H19F3N4O2/c1-27-18-12(3-2-6-24-18)8-23-9-14-10-28-11-17-25-15-7-13(19(20,21)22)4-5-16(15)26(14)17/h2-7,14,23H,8-11H2,1H3/t14-/m0/s1. The van der Waals surface area contributed by atoms with E-state index >= 15 is 0 Å². The molecule has 0 aliphatic carbocycles. The molecular formula is C19H19F3N4O2. The highest BCUT2D eigenvalue weighted by molar-refractivity contribution is 5.77. The van der Waals surface area contributed by atoms with Crippen LogP contribution in [0.25, 0.3) is 11.0 Å². The quantitative estimate of drug-likeness (QED) is 0.722. The van der Waals surface area contributed by atoms with Gasteiger partial charge in [0.05, 0.1) is 36.4 Å². The minimum atomic E-state index is -4.39. The Bertz CT molecular complexity index is 987. The second-order valence-electron chi connectivity index (χ2n) is 6.57. The lowest BCUT2D eigenvalue weighted by atomic mass is 10.2. The van der Waals surface area contributed by atoms with Gasteiger partial charge in [0.15, 0.2) is 0 Å². The largest absolute Gasteiger partial charge is 0.481 e. The van der Waals surface area contributed by atoms with Crippen molar-refractivity contribution in [3.05, 3.63) is 53.5 Å². The molecule has 0 saturated carbocycles. The maximum Gasteiger partial charge on any atom is 0.416 e. The van der Waals surface area contributed by atoms with Crippen LogP contribution < -0.4 is 10.1 Å². The summed E-state index contributed by atoms with van der Waals surface area (Å²) in [5, 5.41) is 3.35. The van der Waals surface area contributed by atoms with Crippen LogP contribution in [0.4, 0.5) is 13.2 Å². The van der Waals surface area contributed by atoms with E-state index < -0.39 is 11.7 Å². The number of halogens is 3. The fraction of sp³-hybridized carbons (Fsp3) is 0.368. The molecule has 0 unspecified atom stereocenters. The van der Waals surface area contributed by atoms with Crippen LogP contribution in [-0.4, -0.2) is 34.8 Å². The summed E-state index contributed by atoms with van der Waals surface area (Å²) in [4.78, 5) is 8.52. The van der Waals surface area contributed by atoms with E-state index in [2.05, 4.69) is 15.3 Å². The number of aromatic nitrogens is 3. The lowest BCUT2D eigenvalue weighted by Gasteiger charge is -2.26. The third-order valence-electron chi connectivity index (χ3n) is 4.74. The van der Waals surface area contributed by atoms with Crippen molar-refractivity contribution in [1.29, 1.82) is 0 Å². The summed E-state index contributed by atoms with van der Waals surface area (Å²) >= 11 is 0. The SMILES string of the molecule is COc1ncccc1CNC[C@H]1COCc2nc3cc(C(F)(F)F)ccc3n21. The number of hydrogen-bond acceptors (Lipinski definition) is 5. The molecule has 1 N–H and O–H groups in total. The predicted octanol–water partition coefficient (Wildman–Crippen LogP) is 3.32. The molecule has 9 heteroatoms. The summed E-state index contributed by atoms with van der Waals surface area (Å²) in [6, 6.07) is 7.35. The molecule has 6 nitrogen and oxygen atoms in total. The normalized spacial score (nSPS) is 16.9. The molecular weight excluding hydrogens is 373 g/mol. The first-order valence-electron chi connectivity index (χ1n) is 8.82. The van der Waals surface area contributed by atoms with Gasteiger partial charge >= 0.3 is 6.18 Å². The lowest BCUT2D eigenvalue weighted by Crippen LogP contribution is -2.32. The van der Waals surface area contributed by atoms with Crippen LogP contribution in [0.1, 0.15) is 23.0 Å². The number of methoxy groups -OCH3 is 1. The molecule has 4 rings (SSSR count). The molecule has 0 bridgehead atoms. The highest BCUT2D eigenvalue weighted by Gasteiger charge is 2.32. The first-order valence-corrected chi connectivity index (χ1v) is 8.82. The summed E-state index contributed by atoms with van der Waals surface area (Å²) < 4.78 is 51.8. The van der Waals surface area contributed by atoms with Crippen molar-refractivity contribution in [3.8, 4) is 5.88 Å². The van der Waals surface area contributed by atoms with Crippen molar-refractivity contribution < 1.29 is 22.6 Å². The van der Waals surface area contributed by atoms with Crippen LogP contribution in [0.5, 0.6) is 5.88 Å². The second kappa shape index (κ2) is 7.40. The number of imidazole rings is 1. The molecule has 148 valence electrons. The average Bonchev–Trinajstić information content (AvgIpc) is 3.06. The molecule has 3 aromatic rings.